The van der Waals surface area contributed by atoms with Crippen LogP contribution >= 0.6 is 0 Å². The van der Waals surface area contributed by atoms with E-state index in [1.54, 1.807) is 12.5 Å². The predicted octanol–water partition coefficient (Wildman–Crippen LogP) is -0.126. The molecule has 6 heteroatoms. The van der Waals surface area contributed by atoms with E-state index in [-0.39, 0.29) is 23.8 Å². The SMILES string of the molecule is O=C1CCCCN2C[C@H]1NC(=O)[C@@H]2Cc1cnc[nH]1. The van der Waals surface area contributed by atoms with Gasteiger partial charge in [0.15, 0.2) is 5.78 Å². The second kappa shape index (κ2) is 5.13. The maximum Gasteiger partial charge on any atom is 0.238 e. The molecule has 1 unspecified atom stereocenters. The highest BCUT2D eigenvalue weighted by Gasteiger charge is 2.37. The number of carbonyl (C=O) groups excluding carboxylic acids is 2. The summed E-state index contributed by atoms with van der Waals surface area (Å²) in [4.78, 5) is 33.2. The maximum absolute atomic E-state index is 12.2. The molecule has 6 nitrogen and oxygen atoms in total. The van der Waals surface area contributed by atoms with Crippen LogP contribution in [0.3, 0.4) is 0 Å². The molecule has 0 radical (unpaired) electrons. The van der Waals surface area contributed by atoms with Crippen LogP contribution in [0.25, 0.3) is 0 Å². The van der Waals surface area contributed by atoms with Crippen molar-refractivity contribution in [1.82, 2.24) is 20.2 Å². The molecule has 2 fully saturated rings. The van der Waals surface area contributed by atoms with Gasteiger partial charge in [-0.2, -0.15) is 0 Å². The number of H-pyrrole nitrogens is 1. The number of aromatic nitrogens is 2. The van der Waals surface area contributed by atoms with Crippen molar-refractivity contribution in [2.45, 2.75) is 37.8 Å². The maximum atomic E-state index is 12.2. The van der Waals surface area contributed by atoms with Crippen molar-refractivity contribution >= 4 is 11.7 Å². The molecule has 1 amide bonds. The van der Waals surface area contributed by atoms with Gasteiger partial charge in [0.25, 0.3) is 0 Å². The number of aromatic amines is 1. The Morgan fingerprint density at radius 1 is 1.37 bits per heavy atom. The molecule has 2 aliphatic heterocycles. The molecule has 2 N–H and O–H groups in total. The van der Waals surface area contributed by atoms with E-state index in [1.807, 2.05) is 0 Å². The van der Waals surface area contributed by atoms with E-state index in [2.05, 4.69) is 20.2 Å². The average molecular weight is 262 g/mol. The van der Waals surface area contributed by atoms with E-state index < -0.39 is 0 Å². The van der Waals surface area contributed by atoms with Gasteiger partial charge in [-0.1, -0.05) is 0 Å². The summed E-state index contributed by atoms with van der Waals surface area (Å²) >= 11 is 0. The van der Waals surface area contributed by atoms with E-state index in [0.29, 0.717) is 19.4 Å². The second-order valence-electron chi connectivity index (χ2n) is 5.28. The Balaban J connectivity index is 1.77. The van der Waals surface area contributed by atoms with Gasteiger partial charge in [0.2, 0.25) is 5.91 Å². The van der Waals surface area contributed by atoms with Crippen molar-refractivity contribution in [3.63, 3.8) is 0 Å². The molecule has 2 bridgehead atoms. The summed E-state index contributed by atoms with van der Waals surface area (Å²) in [6.45, 7) is 1.53. The smallest absolute Gasteiger partial charge is 0.238 e. The highest BCUT2D eigenvalue weighted by molar-refractivity contribution is 5.92. The number of carbonyl (C=O) groups is 2. The lowest BCUT2D eigenvalue weighted by atomic mass is 9.96. The molecule has 0 aromatic carbocycles. The number of nitrogens with one attached hydrogen (secondary N) is 2. The van der Waals surface area contributed by atoms with Gasteiger partial charge in [0.1, 0.15) is 6.04 Å². The van der Waals surface area contributed by atoms with E-state index in [0.717, 1.165) is 25.1 Å². The Kier molecular flexibility index (Phi) is 3.33. The third-order valence-electron chi connectivity index (χ3n) is 3.95. The minimum Gasteiger partial charge on any atom is -0.348 e. The molecule has 3 rings (SSSR count). The Labute approximate surface area is 111 Å². The van der Waals surface area contributed by atoms with Crippen LogP contribution in [0.1, 0.15) is 25.0 Å². The first-order valence-corrected chi connectivity index (χ1v) is 6.78. The topological polar surface area (TPSA) is 78.1 Å². The molecule has 0 aliphatic carbocycles. The number of hydrogen-bond acceptors (Lipinski definition) is 4. The Hall–Kier alpha value is -1.69. The average Bonchev–Trinajstić information content (AvgIpc) is 2.88. The number of Topliss-reactive ketones (excluding diaryl/α,β-unsaturated/α-hetero) is 1. The van der Waals surface area contributed by atoms with Gasteiger partial charge in [0, 0.05) is 31.3 Å². The number of hydrogen-bond donors (Lipinski definition) is 2. The number of fused-ring (bicyclic) bond motifs is 2. The monoisotopic (exact) mass is 262 g/mol. The van der Waals surface area contributed by atoms with Crippen LogP contribution in [0, 0.1) is 0 Å². The molecule has 19 heavy (non-hydrogen) atoms. The first-order chi connectivity index (χ1) is 9.24. The lowest BCUT2D eigenvalue weighted by molar-refractivity contribution is -0.137. The van der Waals surface area contributed by atoms with E-state index in [4.69, 9.17) is 0 Å². The summed E-state index contributed by atoms with van der Waals surface area (Å²) in [5.41, 5.74) is 0.951. The van der Waals surface area contributed by atoms with Gasteiger partial charge >= 0.3 is 0 Å². The summed E-state index contributed by atoms with van der Waals surface area (Å²) < 4.78 is 0. The molecular weight excluding hydrogens is 244 g/mol. The summed E-state index contributed by atoms with van der Waals surface area (Å²) in [5, 5.41) is 2.86. The highest BCUT2D eigenvalue weighted by atomic mass is 16.2. The molecule has 1 aromatic rings. The third-order valence-corrected chi connectivity index (χ3v) is 3.95. The van der Waals surface area contributed by atoms with Crippen LogP contribution in [-0.4, -0.2) is 51.7 Å². The van der Waals surface area contributed by atoms with Crippen LogP contribution < -0.4 is 5.32 Å². The standard InChI is InChI=1S/C13H18N4O2/c18-12-3-1-2-4-17-7-10(12)16-13(19)11(17)5-9-6-14-8-15-9/h6,8,10-11H,1-5,7H2,(H,14,15)(H,16,19)/t10-,11+/m1/s1. The fourth-order valence-electron chi connectivity index (χ4n) is 2.89. The Bertz CT molecular complexity index is 471. The van der Waals surface area contributed by atoms with E-state index >= 15 is 0 Å². The number of rotatable bonds is 2. The summed E-state index contributed by atoms with van der Waals surface area (Å²) in [5.74, 6) is 0.124. The fourth-order valence-corrected chi connectivity index (χ4v) is 2.89. The minimum absolute atomic E-state index is 0.0406. The van der Waals surface area contributed by atoms with Crippen LogP contribution in [0.4, 0.5) is 0 Å². The first-order valence-electron chi connectivity index (χ1n) is 6.78. The molecule has 1 aromatic heterocycles. The van der Waals surface area contributed by atoms with Gasteiger partial charge in [0.05, 0.1) is 12.4 Å². The Morgan fingerprint density at radius 2 is 2.26 bits per heavy atom. The molecule has 3 atom stereocenters. The van der Waals surface area contributed by atoms with Crippen molar-refractivity contribution in [3.05, 3.63) is 18.2 Å². The first kappa shape index (κ1) is 12.3. The largest absolute Gasteiger partial charge is 0.348 e. The molecule has 0 saturated carbocycles. The predicted molar refractivity (Wildman–Crippen MR) is 68.4 cm³/mol. The van der Waals surface area contributed by atoms with E-state index in [9.17, 15) is 9.59 Å². The molecular formula is C13H18N4O2. The normalized spacial score (nSPS) is 31.5. The molecule has 0 spiro atoms. The van der Waals surface area contributed by atoms with Crippen molar-refractivity contribution in [3.8, 4) is 0 Å². The Morgan fingerprint density at radius 3 is 3.05 bits per heavy atom. The van der Waals surface area contributed by atoms with Gasteiger partial charge in [-0.05, 0) is 19.4 Å². The molecule has 2 aliphatic rings. The number of amides is 1. The second-order valence-corrected chi connectivity index (χ2v) is 5.28. The molecule has 3 heterocycles. The molecule has 102 valence electrons. The van der Waals surface area contributed by atoms with Gasteiger partial charge < -0.3 is 10.3 Å². The number of imidazole rings is 1. The van der Waals surface area contributed by atoms with Gasteiger partial charge in [-0.3, -0.25) is 14.5 Å². The number of nitrogens with zero attached hydrogens (tertiary/aromatic N) is 2. The van der Waals surface area contributed by atoms with Crippen LogP contribution in [0.15, 0.2) is 12.5 Å². The summed E-state index contributed by atoms with van der Waals surface area (Å²) in [6.07, 6.45) is 6.46. The quantitative estimate of drug-likeness (QED) is 0.778. The van der Waals surface area contributed by atoms with Crippen molar-refractivity contribution in [2.75, 3.05) is 13.1 Å². The third kappa shape index (κ3) is 2.53. The zero-order valence-electron chi connectivity index (χ0n) is 10.8. The van der Waals surface area contributed by atoms with Gasteiger partial charge in [-0.25, -0.2) is 4.98 Å². The van der Waals surface area contributed by atoms with Crippen LogP contribution in [0.2, 0.25) is 0 Å². The lowest BCUT2D eigenvalue weighted by Crippen LogP contribution is -2.63. The van der Waals surface area contributed by atoms with Crippen LogP contribution in [0.5, 0.6) is 0 Å². The van der Waals surface area contributed by atoms with E-state index in [1.165, 1.54) is 0 Å². The molecule has 2 saturated heterocycles. The van der Waals surface area contributed by atoms with Crippen molar-refractivity contribution in [2.24, 2.45) is 0 Å². The fraction of sp³-hybridized carbons (Fsp3) is 0.615. The number of piperazine rings is 1. The number of ketones is 1. The van der Waals surface area contributed by atoms with Crippen molar-refractivity contribution in [1.29, 1.82) is 0 Å². The zero-order chi connectivity index (χ0) is 13.2. The summed E-state index contributed by atoms with van der Waals surface area (Å²) in [7, 11) is 0. The van der Waals surface area contributed by atoms with Crippen LogP contribution in [-0.2, 0) is 16.0 Å². The zero-order valence-corrected chi connectivity index (χ0v) is 10.8. The summed E-state index contributed by atoms with van der Waals surface area (Å²) in [6, 6.07) is -0.506. The highest BCUT2D eigenvalue weighted by Crippen LogP contribution is 2.18. The van der Waals surface area contributed by atoms with Gasteiger partial charge in [-0.15, -0.1) is 0 Å². The lowest BCUT2D eigenvalue weighted by Gasteiger charge is -2.40. The minimum atomic E-state index is -0.314. The van der Waals surface area contributed by atoms with Crippen molar-refractivity contribution < 1.29 is 9.59 Å².